The topological polar surface area (TPSA) is 237 Å². The van der Waals surface area contributed by atoms with Crippen molar-refractivity contribution in [2.24, 2.45) is 11.8 Å². The number of phosphoric acid groups is 2. The Kier molecular flexibility index (Phi) is 83.6. The SMILES string of the molecule is CCCCCCCCCCCCCCCCCCCCCCCCC(=O)O[C@H](COC(=O)CCCCCCCCCCCCCCCCCCCCC(C)C)COP(=O)(O)OC[C@@H](O)COP(=O)(O)OC[C@@H](COC(=O)CCCCCCCCCCCCCC)OC(=O)CCCCCCCCCCCCCCCCC(C)CC. The number of carbonyl (C=O) groups excluding carboxylic acids is 4. The van der Waals surface area contributed by atoms with Crippen LogP contribution in [-0.2, 0) is 65.4 Å². The Morgan fingerprint density at radius 2 is 0.451 bits per heavy atom. The van der Waals surface area contributed by atoms with Crippen molar-refractivity contribution in [3.8, 4) is 0 Å². The maximum Gasteiger partial charge on any atom is 0.472 e. The van der Waals surface area contributed by atoms with Gasteiger partial charge in [-0.05, 0) is 37.5 Å². The molecule has 0 aliphatic heterocycles. The maximum absolute atomic E-state index is 13.2. The average Bonchev–Trinajstić information content (AvgIpc) is 0.899. The molecule has 0 rings (SSSR count). The molecule has 0 aromatic rings. The van der Waals surface area contributed by atoms with Crippen LogP contribution in [0.4, 0.5) is 0 Å². The van der Waals surface area contributed by atoms with Gasteiger partial charge in [0.15, 0.2) is 12.2 Å². The summed E-state index contributed by atoms with van der Waals surface area (Å²) in [6.45, 7) is 9.81. The van der Waals surface area contributed by atoms with E-state index in [9.17, 15) is 43.2 Å². The third-order valence-electron chi connectivity index (χ3n) is 22.6. The summed E-state index contributed by atoms with van der Waals surface area (Å²) in [5.41, 5.74) is 0. The van der Waals surface area contributed by atoms with Gasteiger partial charge in [0.25, 0.3) is 0 Å². The molecule has 0 heterocycles. The minimum absolute atomic E-state index is 0.108. The highest BCUT2D eigenvalue weighted by Crippen LogP contribution is 2.45. The Morgan fingerprint density at radius 1 is 0.257 bits per heavy atom. The number of aliphatic hydroxyl groups is 1. The van der Waals surface area contributed by atoms with Crippen molar-refractivity contribution in [2.45, 2.75) is 529 Å². The lowest BCUT2D eigenvalue weighted by molar-refractivity contribution is -0.161. The zero-order valence-corrected chi connectivity index (χ0v) is 76.5. The van der Waals surface area contributed by atoms with Crippen molar-refractivity contribution < 1.29 is 80.2 Å². The smallest absolute Gasteiger partial charge is 0.462 e. The highest BCUT2D eigenvalue weighted by molar-refractivity contribution is 7.47. The normalized spacial score (nSPS) is 13.9. The molecule has 113 heavy (non-hydrogen) atoms. The van der Waals surface area contributed by atoms with Crippen LogP contribution in [0.3, 0.4) is 0 Å². The summed E-state index contributed by atoms with van der Waals surface area (Å²) in [5, 5.41) is 10.7. The monoisotopic (exact) mass is 1650 g/mol. The number of rotatable bonds is 93. The molecule has 3 unspecified atom stereocenters. The Morgan fingerprint density at radius 3 is 0.673 bits per heavy atom. The minimum atomic E-state index is -4.97. The van der Waals surface area contributed by atoms with Crippen LogP contribution in [0.2, 0.25) is 0 Å². The lowest BCUT2D eigenvalue weighted by Gasteiger charge is -2.21. The van der Waals surface area contributed by atoms with Gasteiger partial charge in [0.1, 0.15) is 19.3 Å². The van der Waals surface area contributed by atoms with E-state index < -0.39 is 97.5 Å². The molecule has 6 atom stereocenters. The van der Waals surface area contributed by atoms with E-state index in [1.54, 1.807) is 0 Å². The summed E-state index contributed by atoms with van der Waals surface area (Å²) < 4.78 is 69.2. The van der Waals surface area contributed by atoms with Gasteiger partial charge in [0, 0.05) is 25.7 Å². The molecule has 17 nitrogen and oxygen atoms in total. The molecule has 19 heteroatoms. The second-order valence-corrected chi connectivity index (χ2v) is 37.4. The Balaban J connectivity index is 5.24. The van der Waals surface area contributed by atoms with Gasteiger partial charge in [-0.25, -0.2) is 9.13 Å². The minimum Gasteiger partial charge on any atom is -0.462 e. The van der Waals surface area contributed by atoms with E-state index in [0.717, 1.165) is 102 Å². The van der Waals surface area contributed by atoms with E-state index in [-0.39, 0.29) is 25.7 Å². The van der Waals surface area contributed by atoms with E-state index in [1.165, 1.54) is 327 Å². The molecule has 0 aromatic carbocycles. The number of unbranched alkanes of at least 4 members (excludes halogenated alkanes) is 62. The van der Waals surface area contributed by atoms with Crippen LogP contribution in [0.1, 0.15) is 510 Å². The van der Waals surface area contributed by atoms with Crippen LogP contribution < -0.4 is 0 Å². The number of hydrogen-bond donors (Lipinski definition) is 3. The first-order valence-corrected chi connectivity index (χ1v) is 51.5. The Hall–Kier alpha value is -1.94. The molecular formula is C94H184O17P2. The van der Waals surface area contributed by atoms with Gasteiger partial charge in [0.2, 0.25) is 0 Å². The molecule has 0 aromatic heterocycles. The quantitative estimate of drug-likeness (QED) is 0.0222. The summed E-state index contributed by atoms with van der Waals surface area (Å²) >= 11 is 0. The van der Waals surface area contributed by atoms with Crippen molar-refractivity contribution in [1.82, 2.24) is 0 Å². The molecule has 0 saturated carbocycles. The molecule has 0 aliphatic rings. The van der Waals surface area contributed by atoms with Gasteiger partial charge >= 0.3 is 39.5 Å². The third kappa shape index (κ3) is 86.3. The second-order valence-electron chi connectivity index (χ2n) is 34.5. The highest BCUT2D eigenvalue weighted by Gasteiger charge is 2.31. The zero-order valence-electron chi connectivity index (χ0n) is 74.7. The average molecular weight is 1650 g/mol. The molecule has 0 spiro atoms. The zero-order chi connectivity index (χ0) is 82.7. The molecule has 0 saturated heterocycles. The number of esters is 4. The fourth-order valence-corrected chi connectivity index (χ4v) is 16.4. The molecular weight excluding hydrogens is 1460 g/mol. The molecule has 0 bridgehead atoms. The van der Waals surface area contributed by atoms with Crippen LogP contribution in [0.5, 0.6) is 0 Å². The van der Waals surface area contributed by atoms with E-state index in [2.05, 4.69) is 41.5 Å². The first-order valence-electron chi connectivity index (χ1n) is 48.5. The first kappa shape index (κ1) is 111. The predicted octanol–water partition coefficient (Wildman–Crippen LogP) is 29.4. The lowest BCUT2D eigenvalue weighted by Crippen LogP contribution is -2.30. The Bertz CT molecular complexity index is 2150. The first-order chi connectivity index (χ1) is 54.9. The van der Waals surface area contributed by atoms with Crippen molar-refractivity contribution in [2.75, 3.05) is 39.6 Å². The van der Waals surface area contributed by atoms with Crippen LogP contribution in [-0.4, -0.2) is 96.7 Å². The number of hydrogen-bond acceptors (Lipinski definition) is 15. The summed E-state index contributed by atoms with van der Waals surface area (Å²) in [4.78, 5) is 73.5. The lowest BCUT2D eigenvalue weighted by atomic mass is 9.99. The molecule has 0 fully saturated rings. The van der Waals surface area contributed by atoms with E-state index in [1.807, 2.05) is 0 Å². The molecule has 0 radical (unpaired) electrons. The van der Waals surface area contributed by atoms with Crippen LogP contribution in [0.15, 0.2) is 0 Å². The molecule has 3 N–H and O–H groups in total. The second kappa shape index (κ2) is 85.1. The summed E-state index contributed by atoms with van der Waals surface area (Å²) in [6.07, 6.45) is 80.6. The van der Waals surface area contributed by atoms with Gasteiger partial charge in [-0.15, -0.1) is 0 Å². The standard InChI is InChI=1S/C94H184O17P2/c1-7-10-12-14-16-18-20-22-23-24-25-26-27-28-33-36-42-48-54-60-66-72-78-93(98)111-90(83-105-92(97)77-71-65-59-53-47-41-35-32-30-29-31-34-39-44-50-56-62-68-74-86(4)5)85-109-113(102,103)107-81-88(95)80-106-112(100,101)108-84-89(82-104-91(96)76-70-64-58-52-46-21-19-17-15-13-11-8-2)110-94(99)79-73-67-61-55-49-43-38-37-40-45-51-57-63-69-75-87(6)9-3/h86-90,95H,7-85H2,1-6H3,(H,100,101)(H,102,103)/t87?,88-,89+,90+/m0/s1. The van der Waals surface area contributed by atoms with Gasteiger partial charge < -0.3 is 33.8 Å². The van der Waals surface area contributed by atoms with Gasteiger partial charge in [0.05, 0.1) is 26.4 Å². The molecule has 672 valence electrons. The largest absolute Gasteiger partial charge is 0.472 e. The van der Waals surface area contributed by atoms with Gasteiger partial charge in [-0.2, -0.15) is 0 Å². The van der Waals surface area contributed by atoms with Gasteiger partial charge in [-0.1, -0.05) is 459 Å². The predicted molar refractivity (Wildman–Crippen MR) is 469 cm³/mol. The summed E-state index contributed by atoms with van der Waals surface area (Å²) in [6, 6.07) is 0. The van der Waals surface area contributed by atoms with Crippen molar-refractivity contribution in [3.05, 3.63) is 0 Å². The fourth-order valence-electron chi connectivity index (χ4n) is 14.8. The van der Waals surface area contributed by atoms with E-state index in [0.29, 0.717) is 25.7 Å². The van der Waals surface area contributed by atoms with Crippen LogP contribution in [0.25, 0.3) is 0 Å². The number of ether oxygens (including phenoxy) is 4. The van der Waals surface area contributed by atoms with Gasteiger partial charge in [-0.3, -0.25) is 37.3 Å². The number of aliphatic hydroxyl groups excluding tert-OH is 1. The fraction of sp³-hybridized carbons (Fsp3) is 0.957. The number of carbonyl (C=O) groups is 4. The molecule has 0 aliphatic carbocycles. The van der Waals surface area contributed by atoms with Crippen molar-refractivity contribution in [3.63, 3.8) is 0 Å². The van der Waals surface area contributed by atoms with E-state index >= 15 is 0 Å². The van der Waals surface area contributed by atoms with Crippen LogP contribution >= 0.6 is 15.6 Å². The summed E-state index contributed by atoms with van der Waals surface area (Å²) in [7, 11) is -9.94. The van der Waals surface area contributed by atoms with Crippen molar-refractivity contribution >= 4 is 39.5 Å². The Labute approximate surface area is 696 Å². The molecule has 0 amide bonds. The summed E-state index contributed by atoms with van der Waals surface area (Å²) in [5.74, 6) is -0.422. The third-order valence-corrected chi connectivity index (χ3v) is 24.5. The van der Waals surface area contributed by atoms with E-state index in [4.69, 9.17) is 37.0 Å². The number of phosphoric ester groups is 2. The van der Waals surface area contributed by atoms with Crippen molar-refractivity contribution in [1.29, 1.82) is 0 Å². The van der Waals surface area contributed by atoms with Crippen LogP contribution in [0, 0.1) is 11.8 Å². The highest BCUT2D eigenvalue weighted by atomic mass is 31.2. The maximum atomic E-state index is 13.2.